The number of carbonyl (C=O) groups is 2. The smallest absolute Gasteiger partial charge is 0.429 e. The van der Waals surface area contributed by atoms with E-state index in [0.717, 1.165) is 19.6 Å². The number of hydrogen-bond donors (Lipinski definition) is 4. The highest BCUT2D eigenvalue weighted by atomic mass is 19.4. The molecule has 17 heteroatoms. The van der Waals surface area contributed by atoms with Crippen LogP contribution in [0.1, 0.15) is 47.0 Å². The van der Waals surface area contributed by atoms with Crippen molar-refractivity contribution in [2.45, 2.75) is 44.5 Å². The third-order valence-electron chi connectivity index (χ3n) is 10.6. The molecule has 292 valence electrons. The number of aliphatic carboxylic acids is 1. The van der Waals surface area contributed by atoms with Gasteiger partial charge in [-0.2, -0.15) is 28.2 Å². The minimum absolute atomic E-state index is 0.145. The number of benzene rings is 2. The van der Waals surface area contributed by atoms with E-state index in [1.807, 2.05) is 4.90 Å². The molecule has 2 aromatic carbocycles. The summed E-state index contributed by atoms with van der Waals surface area (Å²) in [5.41, 5.74) is 8.16. The third-order valence-corrected chi connectivity index (χ3v) is 10.6. The van der Waals surface area contributed by atoms with Crippen molar-refractivity contribution in [2.24, 2.45) is 5.41 Å². The Hall–Kier alpha value is -5.26. The van der Waals surface area contributed by atoms with Gasteiger partial charge < -0.3 is 35.8 Å². The molecule has 2 aromatic heterocycles. The molecule has 0 radical (unpaired) electrons. The molecule has 1 amide bonds. The van der Waals surface area contributed by atoms with Gasteiger partial charge in [0.2, 0.25) is 17.9 Å². The lowest BCUT2D eigenvalue weighted by Gasteiger charge is -2.39. The molecule has 1 unspecified atom stereocenters. The van der Waals surface area contributed by atoms with Gasteiger partial charge in [0, 0.05) is 69.2 Å². The Morgan fingerprint density at radius 3 is 2.44 bits per heavy atom. The van der Waals surface area contributed by atoms with Crippen LogP contribution in [0, 0.1) is 12.3 Å². The lowest BCUT2D eigenvalue weighted by Crippen LogP contribution is -2.41. The first-order valence-electron chi connectivity index (χ1n) is 18.3. The van der Waals surface area contributed by atoms with Crippen LogP contribution >= 0.6 is 0 Å². The van der Waals surface area contributed by atoms with Crippen molar-refractivity contribution in [3.05, 3.63) is 77.6 Å². The number of morpholine rings is 1. The van der Waals surface area contributed by atoms with E-state index in [4.69, 9.17) is 15.2 Å². The zero-order chi connectivity index (χ0) is 38.7. The number of aryl methyl sites for hydroxylation is 1. The number of rotatable bonds is 11. The van der Waals surface area contributed by atoms with E-state index in [-0.39, 0.29) is 34.4 Å². The summed E-state index contributed by atoms with van der Waals surface area (Å²) in [6, 6.07) is 13.9. The van der Waals surface area contributed by atoms with Crippen molar-refractivity contribution in [3.8, 4) is 22.7 Å². The summed E-state index contributed by atoms with van der Waals surface area (Å²) in [7, 11) is 0. The Morgan fingerprint density at radius 1 is 1.05 bits per heavy atom. The summed E-state index contributed by atoms with van der Waals surface area (Å²) in [6.07, 6.45) is -3.87. The van der Waals surface area contributed by atoms with Gasteiger partial charge in [-0.15, -0.1) is 0 Å². The number of amides is 1. The lowest BCUT2D eigenvalue weighted by atomic mass is 9.76. The Labute approximate surface area is 315 Å². The molecular weight excluding hydrogens is 719 g/mol. The van der Waals surface area contributed by atoms with Crippen LogP contribution in [-0.4, -0.2) is 113 Å². The van der Waals surface area contributed by atoms with Crippen molar-refractivity contribution < 1.29 is 37.3 Å². The minimum Gasteiger partial charge on any atom is -0.480 e. The quantitative estimate of drug-likeness (QED) is 0.173. The number of halogens is 3. The number of carboxylic acids is 1. The monoisotopic (exact) mass is 763 g/mol. The molecule has 7 rings (SSSR count). The summed E-state index contributed by atoms with van der Waals surface area (Å²) in [5, 5.41) is 19.9. The molecule has 3 saturated heterocycles. The minimum atomic E-state index is -4.87. The van der Waals surface area contributed by atoms with Crippen LogP contribution in [-0.2, 0) is 9.53 Å². The van der Waals surface area contributed by atoms with Gasteiger partial charge in [0.05, 0.1) is 24.6 Å². The van der Waals surface area contributed by atoms with Crippen LogP contribution in [0.4, 0.5) is 24.9 Å². The largest absolute Gasteiger partial charge is 0.480 e. The van der Waals surface area contributed by atoms with Crippen molar-refractivity contribution in [1.82, 2.24) is 35.3 Å². The summed E-state index contributed by atoms with van der Waals surface area (Å²) >= 11 is 0. The summed E-state index contributed by atoms with van der Waals surface area (Å²) in [4.78, 5) is 36.8. The number of nitrogens with zero attached hydrogens (tertiary/aromatic N) is 6. The maximum absolute atomic E-state index is 15.0. The van der Waals surface area contributed by atoms with E-state index in [1.54, 1.807) is 55.6 Å². The lowest BCUT2D eigenvalue weighted by molar-refractivity contribution is -0.198. The highest BCUT2D eigenvalue weighted by Crippen LogP contribution is 2.43. The zero-order valence-electron chi connectivity index (χ0n) is 30.4. The van der Waals surface area contributed by atoms with E-state index in [0.29, 0.717) is 86.9 Å². The first-order chi connectivity index (χ1) is 26.4. The molecule has 2 atom stereocenters. The van der Waals surface area contributed by atoms with Gasteiger partial charge in [0.25, 0.3) is 5.91 Å². The fourth-order valence-electron chi connectivity index (χ4n) is 7.52. The standard InChI is InChI=1S/C38H44F3N9O5/c1-24-8-12-50(47-24)30-20-27(25-2-4-26(5-3-25)34(51)43-11-15-48-16-18-54-19-17-48)6-7-28(30)33(38(39,40)41)55-32-21-31(45-36(42)46-32)49-13-9-37(10-14-49)22-29(35(52)53)44-23-37/h2-8,12,20-21,29,33,44H,9-11,13-19,22-23H2,1H3,(H,43,51)(H,52,53)(H2,42,45,46)/t29-,33?/m0/s1. The van der Waals surface area contributed by atoms with Crippen molar-refractivity contribution in [1.29, 1.82) is 0 Å². The zero-order valence-corrected chi connectivity index (χ0v) is 30.4. The maximum atomic E-state index is 15.0. The fourth-order valence-corrected chi connectivity index (χ4v) is 7.52. The second-order valence-electron chi connectivity index (χ2n) is 14.4. The molecule has 55 heavy (non-hydrogen) atoms. The molecule has 5 N–H and O–H groups in total. The van der Waals surface area contributed by atoms with Crippen molar-refractivity contribution in [3.63, 3.8) is 0 Å². The number of nitrogens with one attached hydrogen (secondary N) is 2. The van der Waals surface area contributed by atoms with Gasteiger partial charge in [-0.1, -0.05) is 24.3 Å². The average Bonchev–Trinajstić information content (AvgIpc) is 3.80. The van der Waals surface area contributed by atoms with Crippen molar-refractivity contribution in [2.75, 3.05) is 69.7 Å². The van der Waals surface area contributed by atoms with Crippen molar-refractivity contribution >= 4 is 23.6 Å². The van der Waals surface area contributed by atoms with Gasteiger partial charge in [-0.3, -0.25) is 14.5 Å². The van der Waals surface area contributed by atoms with Crippen LogP contribution < -0.4 is 26.0 Å². The number of anilines is 2. The van der Waals surface area contributed by atoms with Crippen LogP contribution in [0.2, 0.25) is 0 Å². The number of piperidine rings is 1. The van der Waals surface area contributed by atoms with E-state index >= 15 is 13.2 Å². The predicted octanol–water partition coefficient (Wildman–Crippen LogP) is 4.00. The van der Waals surface area contributed by atoms with E-state index in [1.165, 1.54) is 16.8 Å². The molecule has 14 nitrogen and oxygen atoms in total. The molecule has 0 bridgehead atoms. The number of nitrogens with two attached hydrogens (primary N) is 1. The molecule has 5 heterocycles. The Balaban J connectivity index is 1.10. The fraction of sp³-hybridized carbons (Fsp3) is 0.447. The molecule has 1 spiro atoms. The first kappa shape index (κ1) is 38.0. The summed E-state index contributed by atoms with van der Waals surface area (Å²) < 4.78 is 57.5. The second-order valence-corrected chi connectivity index (χ2v) is 14.4. The number of alkyl halides is 3. The van der Waals surface area contributed by atoms with E-state index < -0.39 is 24.3 Å². The SMILES string of the molecule is Cc1ccn(-c2cc(-c3ccc(C(=O)NCCN4CCOCC4)cc3)ccc2C(Oc2cc(N3CCC4(CC3)CN[C@H](C(=O)O)C4)nc(N)n2)C(F)(F)F)n1. The second kappa shape index (κ2) is 15.8. The Morgan fingerprint density at radius 2 is 1.78 bits per heavy atom. The number of aromatic nitrogens is 4. The maximum Gasteiger partial charge on any atom is 0.429 e. The molecule has 4 aromatic rings. The van der Waals surface area contributed by atoms with Crippen LogP contribution in [0.3, 0.4) is 0 Å². The summed E-state index contributed by atoms with van der Waals surface area (Å²) in [5.74, 6) is -1.36. The van der Waals surface area contributed by atoms with Gasteiger partial charge in [-0.05, 0) is 67.0 Å². The van der Waals surface area contributed by atoms with E-state index in [2.05, 4.69) is 30.6 Å². The topological polar surface area (TPSA) is 173 Å². The highest BCUT2D eigenvalue weighted by Gasteiger charge is 2.46. The molecule has 3 fully saturated rings. The van der Waals surface area contributed by atoms with E-state index in [9.17, 15) is 14.7 Å². The van der Waals surface area contributed by atoms with Crippen LogP contribution in [0.5, 0.6) is 5.88 Å². The predicted molar refractivity (Wildman–Crippen MR) is 197 cm³/mol. The van der Waals surface area contributed by atoms with Gasteiger partial charge >= 0.3 is 12.1 Å². The number of hydrogen-bond acceptors (Lipinski definition) is 11. The Bertz CT molecular complexity index is 1990. The average molecular weight is 764 g/mol. The van der Waals surface area contributed by atoms with Gasteiger partial charge in [0.1, 0.15) is 11.9 Å². The molecular formula is C38H44F3N9O5. The van der Waals surface area contributed by atoms with Gasteiger partial charge in [0.15, 0.2) is 0 Å². The highest BCUT2D eigenvalue weighted by molar-refractivity contribution is 5.94. The Kier molecular flexibility index (Phi) is 11.0. The third kappa shape index (κ3) is 8.84. The molecule has 0 aliphatic carbocycles. The summed E-state index contributed by atoms with van der Waals surface area (Å²) in [6.45, 7) is 7.57. The molecule has 3 aliphatic rings. The van der Waals surface area contributed by atoms with Crippen LogP contribution in [0.25, 0.3) is 16.8 Å². The van der Waals surface area contributed by atoms with Gasteiger partial charge in [-0.25, -0.2) is 4.68 Å². The number of ether oxygens (including phenoxy) is 2. The van der Waals surface area contributed by atoms with Crippen LogP contribution in [0.15, 0.2) is 60.8 Å². The molecule has 0 saturated carbocycles. The number of carboxylic acid groups (broad SMARTS) is 1. The number of nitrogen functional groups attached to an aromatic ring is 1. The first-order valence-corrected chi connectivity index (χ1v) is 18.3. The molecule has 3 aliphatic heterocycles. The number of carbonyl (C=O) groups excluding carboxylic acids is 1. The normalized spacial score (nSPS) is 19.3.